The molecule has 1 aromatic rings. The average Bonchev–Trinajstić information content (AvgIpc) is 2.32. The van der Waals surface area contributed by atoms with Crippen LogP contribution < -0.4 is 11.1 Å². The van der Waals surface area contributed by atoms with E-state index < -0.39 is 0 Å². The molecule has 1 fully saturated rings. The minimum absolute atomic E-state index is 0.702. The number of rotatable bonds is 3. The molecule has 1 aromatic carbocycles. The molecule has 0 aliphatic carbocycles. The number of hydrogen-bond acceptors (Lipinski definition) is 2. The maximum Gasteiger partial charge on any atom is 0.0346 e. The number of nitrogens with two attached hydrogens (primary N) is 1. The van der Waals surface area contributed by atoms with Crippen molar-refractivity contribution in [3.63, 3.8) is 0 Å². The number of anilines is 1. The van der Waals surface area contributed by atoms with Crippen LogP contribution in [0.5, 0.6) is 0 Å². The molecule has 2 heteroatoms. The van der Waals surface area contributed by atoms with Gasteiger partial charge in [0.15, 0.2) is 0 Å². The van der Waals surface area contributed by atoms with Crippen LogP contribution in [0.3, 0.4) is 0 Å². The fraction of sp³-hybridized carbons (Fsp3) is 0.571. The van der Waals surface area contributed by atoms with E-state index in [9.17, 15) is 0 Å². The molecule has 1 aliphatic rings. The smallest absolute Gasteiger partial charge is 0.0346 e. The van der Waals surface area contributed by atoms with Gasteiger partial charge in [0.2, 0.25) is 0 Å². The predicted octanol–water partition coefficient (Wildman–Crippen LogP) is 2.65. The molecule has 1 aliphatic heterocycles. The molecule has 1 heterocycles. The first kappa shape index (κ1) is 11.5. The summed E-state index contributed by atoms with van der Waals surface area (Å²) in [5.74, 6) is 0. The maximum absolute atomic E-state index is 5.98. The van der Waals surface area contributed by atoms with Crippen molar-refractivity contribution in [2.75, 3.05) is 12.3 Å². The first-order valence-corrected chi connectivity index (χ1v) is 6.34. The molecular weight excluding hydrogens is 196 g/mol. The van der Waals surface area contributed by atoms with Crippen LogP contribution in [0.4, 0.5) is 5.69 Å². The van der Waals surface area contributed by atoms with E-state index in [1.54, 1.807) is 0 Å². The summed E-state index contributed by atoms with van der Waals surface area (Å²) in [5.41, 5.74) is 9.55. The third kappa shape index (κ3) is 2.99. The van der Waals surface area contributed by atoms with Gasteiger partial charge in [0.05, 0.1) is 0 Å². The molecule has 3 N–H and O–H groups in total. The Morgan fingerprint density at radius 2 is 2.25 bits per heavy atom. The number of nitrogen functional groups attached to an aromatic ring is 1. The molecule has 16 heavy (non-hydrogen) atoms. The Morgan fingerprint density at radius 1 is 1.38 bits per heavy atom. The molecule has 0 radical (unpaired) electrons. The van der Waals surface area contributed by atoms with Crippen LogP contribution in [0.2, 0.25) is 0 Å². The lowest BCUT2D eigenvalue weighted by Crippen LogP contribution is -2.34. The van der Waals surface area contributed by atoms with Crippen LogP contribution in [-0.2, 0) is 6.42 Å². The number of benzene rings is 1. The molecule has 0 amide bonds. The van der Waals surface area contributed by atoms with Crippen molar-refractivity contribution in [2.45, 2.75) is 45.1 Å². The van der Waals surface area contributed by atoms with Gasteiger partial charge in [-0.1, -0.05) is 24.1 Å². The zero-order chi connectivity index (χ0) is 11.4. The van der Waals surface area contributed by atoms with Gasteiger partial charge < -0.3 is 11.1 Å². The molecule has 0 aromatic heterocycles. The molecule has 1 saturated heterocycles. The minimum Gasteiger partial charge on any atom is -0.399 e. The van der Waals surface area contributed by atoms with E-state index in [1.807, 2.05) is 6.07 Å². The van der Waals surface area contributed by atoms with Crippen molar-refractivity contribution in [2.24, 2.45) is 0 Å². The largest absolute Gasteiger partial charge is 0.399 e. The lowest BCUT2D eigenvalue weighted by molar-refractivity contribution is 0.383. The van der Waals surface area contributed by atoms with Crippen LogP contribution in [-0.4, -0.2) is 12.6 Å². The van der Waals surface area contributed by atoms with Crippen LogP contribution >= 0.6 is 0 Å². The summed E-state index contributed by atoms with van der Waals surface area (Å²) in [6.45, 7) is 3.32. The third-order valence-corrected chi connectivity index (χ3v) is 3.47. The summed E-state index contributed by atoms with van der Waals surface area (Å²) < 4.78 is 0. The van der Waals surface area contributed by atoms with Gasteiger partial charge in [-0.15, -0.1) is 0 Å². The standard InChI is InChI=1S/C14H22N2/c1-11-5-8-14(15)12(10-11)6-7-13-4-2-3-9-16-13/h5,8,10,13,16H,2-4,6-7,9,15H2,1H3. The fourth-order valence-corrected chi connectivity index (χ4v) is 2.45. The Morgan fingerprint density at radius 3 is 3.00 bits per heavy atom. The Labute approximate surface area is 98.2 Å². The lowest BCUT2D eigenvalue weighted by Gasteiger charge is -2.23. The maximum atomic E-state index is 5.98. The molecule has 88 valence electrons. The number of hydrogen-bond donors (Lipinski definition) is 2. The van der Waals surface area contributed by atoms with Gasteiger partial charge in [-0.2, -0.15) is 0 Å². The van der Waals surface area contributed by atoms with Gasteiger partial charge in [0, 0.05) is 11.7 Å². The zero-order valence-corrected chi connectivity index (χ0v) is 10.1. The van der Waals surface area contributed by atoms with E-state index in [0.717, 1.165) is 12.1 Å². The first-order chi connectivity index (χ1) is 7.75. The summed E-state index contributed by atoms with van der Waals surface area (Å²) in [5, 5.41) is 3.58. The highest BCUT2D eigenvalue weighted by atomic mass is 14.9. The van der Waals surface area contributed by atoms with Crippen LogP contribution in [0.15, 0.2) is 18.2 Å². The van der Waals surface area contributed by atoms with E-state index in [0.29, 0.717) is 6.04 Å². The van der Waals surface area contributed by atoms with Gasteiger partial charge in [-0.05, 0) is 50.8 Å². The van der Waals surface area contributed by atoms with Crippen LogP contribution in [0, 0.1) is 6.92 Å². The van der Waals surface area contributed by atoms with Gasteiger partial charge in [-0.25, -0.2) is 0 Å². The second kappa shape index (κ2) is 5.35. The summed E-state index contributed by atoms with van der Waals surface area (Å²) in [7, 11) is 0. The summed E-state index contributed by atoms with van der Waals surface area (Å²) in [6, 6.07) is 7.03. The van der Waals surface area contributed by atoms with Gasteiger partial charge in [0.25, 0.3) is 0 Å². The van der Waals surface area contributed by atoms with E-state index in [-0.39, 0.29) is 0 Å². The van der Waals surface area contributed by atoms with Crippen molar-refractivity contribution >= 4 is 5.69 Å². The fourth-order valence-electron chi connectivity index (χ4n) is 2.45. The monoisotopic (exact) mass is 218 g/mol. The summed E-state index contributed by atoms with van der Waals surface area (Å²) >= 11 is 0. The summed E-state index contributed by atoms with van der Waals surface area (Å²) in [6.07, 6.45) is 6.36. The van der Waals surface area contributed by atoms with Crippen molar-refractivity contribution in [1.29, 1.82) is 0 Å². The number of nitrogens with one attached hydrogen (secondary N) is 1. The molecule has 0 spiro atoms. The Bertz CT molecular complexity index is 341. The van der Waals surface area contributed by atoms with Crippen molar-refractivity contribution in [3.8, 4) is 0 Å². The van der Waals surface area contributed by atoms with E-state index in [4.69, 9.17) is 5.73 Å². The predicted molar refractivity (Wildman–Crippen MR) is 69.6 cm³/mol. The lowest BCUT2D eigenvalue weighted by atomic mass is 9.96. The molecule has 0 saturated carbocycles. The van der Waals surface area contributed by atoms with E-state index in [1.165, 1.54) is 43.4 Å². The number of aryl methyl sites for hydroxylation is 2. The normalized spacial score (nSPS) is 20.9. The molecular formula is C14H22N2. The second-order valence-electron chi connectivity index (χ2n) is 4.89. The molecule has 1 atom stereocenters. The Hall–Kier alpha value is -1.02. The van der Waals surface area contributed by atoms with Crippen molar-refractivity contribution in [3.05, 3.63) is 29.3 Å². The van der Waals surface area contributed by atoms with Crippen molar-refractivity contribution < 1.29 is 0 Å². The molecule has 2 nitrogen and oxygen atoms in total. The van der Waals surface area contributed by atoms with E-state index in [2.05, 4.69) is 24.4 Å². The quantitative estimate of drug-likeness (QED) is 0.765. The highest BCUT2D eigenvalue weighted by molar-refractivity contribution is 5.48. The first-order valence-electron chi connectivity index (χ1n) is 6.34. The third-order valence-electron chi connectivity index (χ3n) is 3.47. The number of piperidine rings is 1. The van der Waals surface area contributed by atoms with Crippen LogP contribution in [0.1, 0.15) is 36.8 Å². The SMILES string of the molecule is Cc1ccc(N)c(CCC2CCCCN2)c1. The average molecular weight is 218 g/mol. The summed E-state index contributed by atoms with van der Waals surface area (Å²) in [4.78, 5) is 0. The van der Waals surface area contributed by atoms with Gasteiger partial charge in [0.1, 0.15) is 0 Å². The van der Waals surface area contributed by atoms with E-state index >= 15 is 0 Å². The van der Waals surface area contributed by atoms with Gasteiger partial charge in [-0.3, -0.25) is 0 Å². The van der Waals surface area contributed by atoms with Crippen LogP contribution in [0.25, 0.3) is 0 Å². The molecule has 2 rings (SSSR count). The second-order valence-corrected chi connectivity index (χ2v) is 4.89. The molecule has 1 unspecified atom stereocenters. The highest BCUT2D eigenvalue weighted by Crippen LogP contribution is 2.18. The zero-order valence-electron chi connectivity index (χ0n) is 10.1. The molecule has 0 bridgehead atoms. The Balaban J connectivity index is 1.90. The van der Waals surface area contributed by atoms with Gasteiger partial charge >= 0.3 is 0 Å². The highest BCUT2D eigenvalue weighted by Gasteiger charge is 2.12. The van der Waals surface area contributed by atoms with Crippen molar-refractivity contribution in [1.82, 2.24) is 5.32 Å². The minimum atomic E-state index is 0.702. The Kier molecular flexibility index (Phi) is 3.83. The topological polar surface area (TPSA) is 38.0 Å².